The summed E-state index contributed by atoms with van der Waals surface area (Å²) in [6.07, 6.45) is 5.34. The molecule has 0 unspecified atom stereocenters. The molecular formula is C20H27N3O5. The number of benzene rings is 1. The average Bonchev–Trinajstić information content (AvgIpc) is 2.95. The molecule has 1 aromatic rings. The molecule has 1 saturated heterocycles. The van der Waals surface area contributed by atoms with Crippen LogP contribution in [0.25, 0.3) is 0 Å². The molecule has 0 spiro atoms. The molecule has 4 amide bonds. The van der Waals surface area contributed by atoms with Crippen LogP contribution in [0.2, 0.25) is 0 Å². The van der Waals surface area contributed by atoms with Gasteiger partial charge in [0.1, 0.15) is 6.04 Å². The molecule has 8 heteroatoms. The van der Waals surface area contributed by atoms with Crippen LogP contribution in [0.5, 0.6) is 11.5 Å². The number of ether oxygens (including phenoxy) is 2. The smallest absolute Gasteiger partial charge is 0.325 e. The monoisotopic (exact) mass is 389 g/mol. The van der Waals surface area contributed by atoms with E-state index in [0.717, 1.165) is 36.1 Å². The summed E-state index contributed by atoms with van der Waals surface area (Å²) < 4.78 is 10.5. The van der Waals surface area contributed by atoms with Crippen molar-refractivity contribution >= 4 is 17.8 Å². The molecule has 2 N–H and O–H groups in total. The largest absolute Gasteiger partial charge is 0.493 e. The van der Waals surface area contributed by atoms with Crippen LogP contribution < -0.4 is 20.1 Å². The zero-order valence-electron chi connectivity index (χ0n) is 16.3. The molecule has 1 saturated carbocycles. The van der Waals surface area contributed by atoms with Gasteiger partial charge in [-0.2, -0.15) is 0 Å². The second kappa shape index (κ2) is 8.95. The average molecular weight is 389 g/mol. The summed E-state index contributed by atoms with van der Waals surface area (Å²) in [5.41, 5.74) is 0.730. The molecule has 0 aromatic heterocycles. The van der Waals surface area contributed by atoms with E-state index in [-0.39, 0.29) is 24.9 Å². The molecule has 1 aromatic carbocycles. The Morgan fingerprint density at radius 2 is 1.86 bits per heavy atom. The molecule has 28 heavy (non-hydrogen) atoms. The second-order valence-corrected chi connectivity index (χ2v) is 7.22. The van der Waals surface area contributed by atoms with Gasteiger partial charge in [-0.1, -0.05) is 25.3 Å². The third-order valence-electron chi connectivity index (χ3n) is 5.26. The first-order valence-electron chi connectivity index (χ1n) is 9.64. The van der Waals surface area contributed by atoms with Crippen molar-refractivity contribution in [2.75, 3.05) is 14.2 Å². The maximum Gasteiger partial charge on any atom is 0.325 e. The highest BCUT2D eigenvalue weighted by Crippen LogP contribution is 2.28. The fraction of sp³-hybridized carbons (Fsp3) is 0.550. The summed E-state index contributed by atoms with van der Waals surface area (Å²) in [5, 5.41) is 5.60. The topological polar surface area (TPSA) is 97.0 Å². The molecule has 1 aliphatic carbocycles. The van der Waals surface area contributed by atoms with Gasteiger partial charge in [0.2, 0.25) is 5.91 Å². The van der Waals surface area contributed by atoms with E-state index >= 15 is 0 Å². The van der Waals surface area contributed by atoms with Crippen molar-refractivity contribution in [1.82, 2.24) is 15.5 Å². The maximum absolute atomic E-state index is 12.6. The molecule has 2 aliphatic rings. The Kier molecular flexibility index (Phi) is 6.38. The number of urea groups is 1. The van der Waals surface area contributed by atoms with Crippen LogP contribution in [0.1, 0.15) is 44.1 Å². The molecule has 1 heterocycles. The summed E-state index contributed by atoms with van der Waals surface area (Å²) >= 11 is 0. The minimum atomic E-state index is -0.823. The normalized spacial score (nSPS) is 20.1. The Morgan fingerprint density at radius 1 is 1.14 bits per heavy atom. The summed E-state index contributed by atoms with van der Waals surface area (Å²) in [7, 11) is 3.06. The number of nitrogens with zero attached hydrogens (tertiary/aromatic N) is 1. The molecule has 0 bridgehead atoms. The van der Waals surface area contributed by atoms with Gasteiger partial charge in [0, 0.05) is 6.04 Å². The van der Waals surface area contributed by atoms with E-state index in [1.54, 1.807) is 18.2 Å². The number of imide groups is 1. The number of amides is 4. The second-order valence-electron chi connectivity index (χ2n) is 7.22. The van der Waals surface area contributed by atoms with Crippen LogP contribution in [0.15, 0.2) is 18.2 Å². The molecular weight excluding hydrogens is 362 g/mol. The van der Waals surface area contributed by atoms with Crippen LogP contribution in [0.3, 0.4) is 0 Å². The molecule has 3 rings (SSSR count). The lowest BCUT2D eigenvalue weighted by Crippen LogP contribution is -2.41. The van der Waals surface area contributed by atoms with Gasteiger partial charge in [-0.05, 0) is 30.5 Å². The Bertz CT molecular complexity index is 745. The lowest BCUT2D eigenvalue weighted by molar-refractivity contribution is -0.131. The molecule has 1 atom stereocenters. The number of hydrogen-bond donors (Lipinski definition) is 2. The fourth-order valence-electron chi connectivity index (χ4n) is 3.75. The van der Waals surface area contributed by atoms with Gasteiger partial charge >= 0.3 is 6.03 Å². The van der Waals surface area contributed by atoms with E-state index in [9.17, 15) is 14.4 Å². The van der Waals surface area contributed by atoms with Crippen molar-refractivity contribution in [3.8, 4) is 11.5 Å². The van der Waals surface area contributed by atoms with E-state index in [0.29, 0.717) is 11.5 Å². The standard InChI is InChI=1S/C20H27N3O5/c1-27-16-9-8-13(10-17(16)28-2)12-23-19(25)15(22-20(23)26)11-18(24)21-14-6-4-3-5-7-14/h8-10,14-15H,3-7,11-12H2,1-2H3,(H,21,24)(H,22,26)/t15-/m1/s1. The van der Waals surface area contributed by atoms with Gasteiger partial charge in [-0.3, -0.25) is 14.5 Å². The Hall–Kier alpha value is -2.77. The Labute approximate surface area is 164 Å². The van der Waals surface area contributed by atoms with Crippen LogP contribution in [-0.4, -0.2) is 49.0 Å². The first-order chi connectivity index (χ1) is 13.5. The third-order valence-corrected chi connectivity index (χ3v) is 5.26. The zero-order valence-corrected chi connectivity index (χ0v) is 16.3. The van der Waals surface area contributed by atoms with E-state index in [1.165, 1.54) is 20.6 Å². The zero-order chi connectivity index (χ0) is 20.1. The molecule has 0 radical (unpaired) electrons. The van der Waals surface area contributed by atoms with Gasteiger partial charge in [-0.15, -0.1) is 0 Å². The van der Waals surface area contributed by atoms with Gasteiger partial charge < -0.3 is 20.1 Å². The highest BCUT2D eigenvalue weighted by molar-refractivity contribution is 6.05. The number of methoxy groups -OCH3 is 2. The number of carbonyl (C=O) groups excluding carboxylic acids is 3. The third kappa shape index (κ3) is 4.55. The van der Waals surface area contributed by atoms with E-state index < -0.39 is 18.0 Å². The van der Waals surface area contributed by atoms with E-state index in [2.05, 4.69) is 10.6 Å². The number of nitrogens with one attached hydrogen (secondary N) is 2. The van der Waals surface area contributed by atoms with E-state index in [1.807, 2.05) is 0 Å². The number of rotatable bonds is 7. The van der Waals surface area contributed by atoms with Gasteiger partial charge in [0.25, 0.3) is 5.91 Å². The fourth-order valence-corrected chi connectivity index (χ4v) is 3.75. The summed E-state index contributed by atoms with van der Waals surface area (Å²) in [5.74, 6) is 0.508. The van der Waals surface area contributed by atoms with Crippen LogP contribution in [0.4, 0.5) is 4.79 Å². The number of carbonyl (C=O) groups is 3. The van der Waals surface area contributed by atoms with Crippen LogP contribution in [0, 0.1) is 0 Å². The van der Waals surface area contributed by atoms with Crippen LogP contribution in [-0.2, 0) is 16.1 Å². The van der Waals surface area contributed by atoms with Gasteiger partial charge in [0.05, 0.1) is 27.2 Å². The number of hydrogen-bond acceptors (Lipinski definition) is 5. The lowest BCUT2D eigenvalue weighted by atomic mass is 9.95. The predicted molar refractivity (Wildman–Crippen MR) is 102 cm³/mol. The molecule has 2 fully saturated rings. The van der Waals surface area contributed by atoms with Gasteiger partial charge in [0.15, 0.2) is 11.5 Å². The summed E-state index contributed by atoms with van der Waals surface area (Å²) in [4.78, 5) is 38.3. The molecule has 152 valence electrons. The van der Waals surface area contributed by atoms with Crippen molar-refractivity contribution in [2.24, 2.45) is 0 Å². The predicted octanol–water partition coefficient (Wildman–Crippen LogP) is 1.96. The van der Waals surface area contributed by atoms with Gasteiger partial charge in [-0.25, -0.2) is 4.79 Å². The first kappa shape index (κ1) is 20.0. The van der Waals surface area contributed by atoms with Crippen molar-refractivity contribution in [3.63, 3.8) is 0 Å². The quantitative estimate of drug-likeness (QED) is 0.695. The van der Waals surface area contributed by atoms with Crippen molar-refractivity contribution in [3.05, 3.63) is 23.8 Å². The minimum Gasteiger partial charge on any atom is -0.493 e. The highest BCUT2D eigenvalue weighted by atomic mass is 16.5. The SMILES string of the molecule is COc1ccc(CN2C(=O)N[C@H](CC(=O)NC3CCCCC3)C2=O)cc1OC. The van der Waals surface area contributed by atoms with Crippen molar-refractivity contribution in [2.45, 2.75) is 57.2 Å². The summed E-state index contributed by atoms with van der Waals surface area (Å²) in [6, 6.07) is 4.08. The Morgan fingerprint density at radius 3 is 2.54 bits per heavy atom. The lowest BCUT2D eigenvalue weighted by Gasteiger charge is -2.23. The van der Waals surface area contributed by atoms with Crippen molar-refractivity contribution < 1.29 is 23.9 Å². The summed E-state index contributed by atoms with van der Waals surface area (Å²) in [6.45, 7) is 0.103. The minimum absolute atomic E-state index is 0.0382. The molecule has 1 aliphatic heterocycles. The van der Waals surface area contributed by atoms with E-state index in [4.69, 9.17) is 9.47 Å². The maximum atomic E-state index is 12.6. The molecule has 8 nitrogen and oxygen atoms in total. The van der Waals surface area contributed by atoms with Crippen molar-refractivity contribution in [1.29, 1.82) is 0 Å². The first-order valence-corrected chi connectivity index (χ1v) is 9.64. The van der Waals surface area contributed by atoms with Crippen LogP contribution >= 0.6 is 0 Å². The Balaban J connectivity index is 1.59. The highest BCUT2D eigenvalue weighted by Gasteiger charge is 2.39.